The highest BCUT2D eigenvalue weighted by atomic mass is 14.9. The summed E-state index contributed by atoms with van der Waals surface area (Å²) in [7, 11) is 2.09. The van der Waals surface area contributed by atoms with Crippen LogP contribution in [-0.4, -0.2) is 7.05 Å². The summed E-state index contributed by atoms with van der Waals surface area (Å²) in [5.41, 5.74) is 4.21. The van der Waals surface area contributed by atoms with Crippen molar-refractivity contribution in [2.24, 2.45) is 0 Å². The minimum absolute atomic E-state index is 0.517. The molecule has 0 aliphatic heterocycles. The molecule has 0 fully saturated rings. The van der Waals surface area contributed by atoms with Gasteiger partial charge in [0.25, 0.3) is 0 Å². The van der Waals surface area contributed by atoms with Crippen LogP contribution in [0.4, 0.5) is 0 Å². The molecule has 1 rings (SSSR count). The van der Waals surface area contributed by atoms with Crippen LogP contribution >= 0.6 is 0 Å². The number of aryl methyl sites for hydroxylation is 2. The summed E-state index contributed by atoms with van der Waals surface area (Å²) in [6.45, 7) is 6.67. The third-order valence-corrected chi connectivity index (χ3v) is 4.34. The Balaban J connectivity index is 2.25. The Labute approximate surface area is 132 Å². The number of hydrogen-bond acceptors (Lipinski definition) is 1. The lowest BCUT2D eigenvalue weighted by atomic mass is 9.96. The van der Waals surface area contributed by atoms with Crippen LogP contribution in [0.2, 0.25) is 0 Å². The van der Waals surface area contributed by atoms with Crippen molar-refractivity contribution in [1.82, 2.24) is 5.32 Å². The average Bonchev–Trinajstić information content (AvgIpc) is 2.44. The van der Waals surface area contributed by atoms with Gasteiger partial charge in [-0.3, -0.25) is 0 Å². The monoisotopic (exact) mass is 289 g/mol. The van der Waals surface area contributed by atoms with Gasteiger partial charge in [-0.2, -0.15) is 0 Å². The molecule has 0 saturated heterocycles. The molecule has 0 aromatic heterocycles. The van der Waals surface area contributed by atoms with Gasteiger partial charge in [-0.25, -0.2) is 0 Å². The summed E-state index contributed by atoms with van der Waals surface area (Å²) >= 11 is 0. The fraction of sp³-hybridized carbons (Fsp3) is 0.700. The third kappa shape index (κ3) is 7.66. The lowest BCUT2D eigenvalue weighted by molar-refractivity contribution is 0.494. The minimum Gasteiger partial charge on any atom is -0.313 e. The number of hydrogen-bond donors (Lipinski definition) is 1. The summed E-state index contributed by atoms with van der Waals surface area (Å²) < 4.78 is 0. The van der Waals surface area contributed by atoms with Crippen LogP contribution in [0.5, 0.6) is 0 Å². The molecule has 1 heteroatoms. The predicted octanol–water partition coefficient (Wildman–Crippen LogP) is 6.09. The fourth-order valence-electron chi connectivity index (χ4n) is 3.17. The molecule has 1 N–H and O–H groups in total. The number of unbranched alkanes of at least 4 members (excludes halogenated alkanes) is 7. The predicted molar refractivity (Wildman–Crippen MR) is 94.9 cm³/mol. The van der Waals surface area contributed by atoms with Crippen LogP contribution in [-0.2, 0) is 0 Å². The lowest BCUT2D eigenvalue weighted by Crippen LogP contribution is -2.16. The molecule has 1 atom stereocenters. The normalized spacial score (nSPS) is 12.6. The molecule has 120 valence electrons. The number of benzene rings is 1. The first-order chi connectivity index (χ1) is 10.2. The van der Waals surface area contributed by atoms with Gasteiger partial charge < -0.3 is 5.32 Å². The standard InChI is InChI=1S/C20H35N/c1-5-6-7-8-9-10-11-12-13-20(21-4)19-15-17(2)14-18(3)16-19/h14-16,20-21H,5-13H2,1-4H3. The molecule has 0 bridgehead atoms. The molecule has 0 saturated carbocycles. The first-order valence-corrected chi connectivity index (χ1v) is 8.92. The number of rotatable bonds is 11. The van der Waals surface area contributed by atoms with E-state index in [9.17, 15) is 0 Å². The molecule has 0 spiro atoms. The molecule has 1 unspecified atom stereocenters. The zero-order chi connectivity index (χ0) is 15.5. The smallest absolute Gasteiger partial charge is 0.0317 e. The van der Waals surface area contributed by atoms with Crippen LogP contribution in [0.15, 0.2) is 18.2 Å². The zero-order valence-electron chi connectivity index (χ0n) is 14.7. The van der Waals surface area contributed by atoms with E-state index < -0.39 is 0 Å². The largest absolute Gasteiger partial charge is 0.313 e. The molecule has 1 nitrogen and oxygen atoms in total. The Kier molecular flexibility index (Phi) is 9.41. The third-order valence-electron chi connectivity index (χ3n) is 4.34. The highest BCUT2D eigenvalue weighted by Crippen LogP contribution is 2.22. The van der Waals surface area contributed by atoms with Gasteiger partial charge in [-0.05, 0) is 32.9 Å². The van der Waals surface area contributed by atoms with Crippen LogP contribution in [0.1, 0.15) is 87.4 Å². The summed E-state index contributed by atoms with van der Waals surface area (Å²) in [6.07, 6.45) is 12.4. The highest BCUT2D eigenvalue weighted by molar-refractivity contribution is 5.30. The van der Waals surface area contributed by atoms with E-state index in [1.807, 2.05) is 0 Å². The zero-order valence-corrected chi connectivity index (χ0v) is 14.7. The Morgan fingerprint density at radius 3 is 1.86 bits per heavy atom. The van der Waals surface area contributed by atoms with Crippen molar-refractivity contribution in [3.63, 3.8) is 0 Å². The van der Waals surface area contributed by atoms with Gasteiger partial charge in [0.15, 0.2) is 0 Å². The van der Waals surface area contributed by atoms with E-state index in [0.29, 0.717) is 6.04 Å². The van der Waals surface area contributed by atoms with Crippen molar-refractivity contribution in [2.45, 2.75) is 84.6 Å². The van der Waals surface area contributed by atoms with Crippen molar-refractivity contribution in [3.05, 3.63) is 34.9 Å². The molecule has 1 aromatic carbocycles. The molecule has 0 amide bonds. The Hall–Kier alpha value is -0.820. The molecular formula is C20H35N. The maximum atomic E-state index is 3.49. The maximum absolute atomic E-state index is 3.49. The van der Waals surface area contributed by atoms with Crippen LogP contribution in [0, 0.1) is 13.8 Å². The first kappa shape index (κ1) is 18.2. The van der Waals surface area contributed by atoms with Gasteiger partial charge in [0.1, 0.15) is 0 Å². The van der Waals surface area contributed by atoms with E-state index in [2.05, 4.69) is 51.3 Å². The quantitative estimate of drug-likeness (QED) is 0.486. The molecule has 0 aliphatic carbocycles. The van der Waals surface area contributed by atoms with Crippen LogP contribution < -0.4 is 5.32 Å². The van der Waals surface area contributed by atoms with E-state index in [1.165, 1.54) is 74.5 Å². The van der Waals surface area contributed by atoms with E-state index in [0.717, 1.165) is 0 Å². The fourth-order valence-corrected chi connectivity index (χ4v) is 3.17. The Bertz CT molecular complexity index is 363. The minimum atomic E-state index is 0.517. The van der Waals surface area contributed by atoms with Crippen molar-refractivity contribution >= 4 is 0 Å². The summed E-state index contributed by atoms with van der Waals surface area (Å²) in [4.78, 5) is 0. The topological polar surface area (TPSA) is 12.0 Å². The summed E-state index contributed by atoms with van der Waals surface area (Å²) in [5, 5.41) is 3.49. The van der Waals surface area contributed by atoms with E-state index >= 15 is 0 Å². The van der Waals surface area contributed by atoms with Gasteiger partial charge in [0.2, 0.25) is 0 Å². The Morgan fingerprint density at radius 1 is 0.810 bits per heavy atom. The Morgan fingerprint density at radius 2 is 1.33 bits per heavy atom. The van der Waals surface area contributed by atoms with Gasteiger partial charge in [0.05, 0.1) is 0 Å². The molecule has 21 heavy (non-hydrogen) atoms. The van der Waals surface area contributed by atoms with Crippen molar-refractivity contribution < 1.29 is 0 Å². The molecular weight excluding hydrogens is 254 g/mol. The average molecular weight is 290 g/mol. The van der Waals surface area contributed by atoms with E-state index in [1.54, 1.807) is 0 Å². The van der Waals surface area contributed by atoms with Gasteiger partial charge in [-0.1, -0.05) is 87.6 Å². The molecule has 1 aromatic rings. The van der Waals surface area contributed by atoms with Crippen molar-refractivity contribution in [2.75, 3.05) is 7.05 Å². The van der Waals surface area contributed by atoms with E-state index in [4.69, 9.17) is 0 Å². The SMILES string of the molecule is CCCCCCCCCCC(NC)c1cc(C)cc(C)c1. The summed E-state index contributed by atoms with van der Waals surface area (Å²) in [5.74, 6) is 0. The van der Waals surface area contributed by atoms with Crippen LogP contribution in [0.25, 0.3) is 0 Å². The second-order valence-electron chi connectivity index (χ2n) is 6.53. The number of nitrogens with one attached hydrogen (secondary N) is 1. The molecule has 0 radical (unpaired) electrons. The lowest BCUT2D eigenvalue weighted by Gasteiger charge is -2.18. The second kappa shape index (κ2) is 10.8. The van der Waals surface area contributed by atoms with Gasteiger partial charge >= 0.3 is 0 Å². The first-order valence-electron chi connectivity index (χ1n) is 8.92. The van der Waals surface area contributed by atoms with E-state index in [-0.39, 0.29) is 0 Å². The van der Waals surface area contributed by atoms with Crippen molar-refractivity contribution in [1.29, 1.82) is 0 Å². The van der Waals surface area contributed by atoms with Gasteiger partial charge in [-0.15, -0.1) is 0 Å². The van der Waals surface area contributed by atoms with Gasteiger partial charge in [0, 0.05) is 6.04 Å². The molecule has 0 aliphatic rings. The highest BCUT2D eigenvalue weighted by Gasteiger charge is 2.09. The van der Waals surface area contributed by atoms with Crippen LogP contribution in [0.3, 0.4) is 0 Å². The summed E-state index contributed by atoms with van der Waals surface area (Å²) in [6, 6.07) is 7.44. The molecule has 0 heterocycles. The second-order valence-corrected chi connectivity index (χ2v) is 6.53. The maximum Gasteiger partial charge on any atom is 0.0317 e. The van der Waals surface area contributed by atoms with Crippen molar-refractivity contribution in [3.8, 4) is 0 Å².